The Hall–Kier alpha value is -1.89. The maximum atomic E-state index is 11.8. The zero-order valence-electron chi connectivity index (χ0n) is 22.7. The number of aliphatic carboxylic acids is 1. The summed E-state index contributed by atoms with van der Waals surface area (Å²) in [5.74, 6) is -0.300. The van der Waals surface area contributed by atoms with Crippen LogP contribution in [0, 0.1) is 11.8 Å². The number of nitrogens with one attached hydrogen (secondary N) is 1. The number of carbonyl (C=O) groups excluding carboxylic acids is 2. The Balaban J connectivity index is 0. The molecule has 7 nitrogen and oxygen atoms in total. The summed E-state index contributed by atoms with van der Waals surface area (Å²) in [4.78, 5) is 37.0. The second kappa shape index (κ2) is 19.6. The van der Waals surface area contributed by atoms with Crippen LogP contribution in [-0.4, -0.2) is 72.0 Å². The molecule has 1 fully saturated rings. The first kappa shape index (κ1) is 33.3. The monoisotopic (exact) mass is 469 g/mol. The van der Waals surface area contributed by atoms with Crippen molar-refractivity contribution in [2.75, 3.05) is 26.7 Å². The Labute approximate surface area is 203 Å². The molecule has 1 aliphatic rings. The van der Waals surface area contributed by atoms with Gasteiger partial charge < -0.3 is 20.2 Å². The van der Waals surface area contributed by atoms with Gasteiger partial charge in [0.25, 0.3) is 0 Å². The minimum atomic E-state index is -1.000. The van der Waals surface area contributed by atoms with Crippen molar-refractivity contribution in [2.45, 2.75) is 99.6 Å². The van der Waals surface area contributed by atoms with E-state index >= 15 is 0 Å². The van der Waals surface area contributed by atoms with Crippen molar-refractivity contribution in [3.8, 4) is 0 Å². The molecule has 2 N–H and O–H groups in total. The predicted molar refractivity (Wildman–Crippen MR) is 137 cm³/mol. The number of carbonyl (C=O) groups is 3. The molecular formula is C26H51N3O4. The van der Waals surface area contributed by atoms with Gasteiger partial charge in [-0.15, -0.1) is 0 Å². The number of likely N-dealkylation sites (tertiary alicyclic amines) is 1. The maximum absolute atomic E-state index is 11.8. The van der Waals surface area contributed by atoms with Gasteiger partial charge in [-0.05, 0) is 58.0 Å². The summed E-state index contributed by atoms with van der Waals surface area (Å²) in [6.07, 6.45) is 8.45. The van der Waals surface area contributed by atoms with Gasteiger partial charge in [0.1, 0.15) is 0 Å². The Kier molecular flexibility index (Phi) is 19.7. The molecule has 0 aromatic rings. The van der Waals surface area contributed by atoms with Crippen molar-refractivity contribution in [1.82, 2.24) is 15.1 Å². The van der Waals surface area contributed by atoms with Crippen LogP contribution in [0.3, 0.4) is 0 Å². The first-order valence-corrected chi connectivity index (χ1v) is 12.5. The highest BCUT2D eigenvalue weighted by molar-refractivity contribution is 5.86. The average molecular weight is 470 g/mol. The predicted octanol–water partition coefficient (Wildman–Crippen LogP) is 4.57. The molecule has 1 heterocycles. The quantitative estimate of drug-likeness (QED) is 0.361. The maximum Gasteiger partial charge on any atom is 0.331 e. The molecule has 33 heavy (non-hydrogen) atoms. The standard InChI is InChI=1S/C13H22N2O4.C9H19N.C4H10/c1-5-9(2)11(6-10(3)13(18)19)15(4)12(17)7-14-8-16;1-3-9(2)10-7-5-4-6-8-10;1-4(2)3/h6,8-9,11H,5,7H2,1-4H3,(H,14,16)(H,18,19);9H,3-8H2,1-2H3;4H,1-3H3/b10-6+;;/t9-,11+;;/m0../s1. The van der Waals surface area contributed by atoms with Gasteiger partial charge in [-0.2, -0.15) is 0 Å². The van der Waals surface area contributed by atoms with E-state index < -0.39 is 5.97 Å². The summed E-state index contributed by atoms with van der Waals surface area (Å²) >= 11 is 0. The van der Waals surface area contributed by atoms with E-state index in [1.165, 1.54) is 50.6 Å². The van der Waals surface area contributed by atoms with Gasteiger partial charge in [-0.3, -0.25) is 9.59 Å². The lowest BCUT2D eigenvalue weighted by molar-refractivity contribution is -0.133. The van der Waals surface area contributed by atoms with Crippen molar-refractivity contribution in [3.05, 3.63) is 11.6 Å². The Morgan fingerprint density at radius 3 is 1.94 bits per heavy atom. The molecule has 0 aromatic carbocycles. The van der Waals surface area contributed by atoms with Gasteiger partial charge in [-0.25, -0.2) is 4.79 Å². The van der Waals surface area contributed by atoms with E-state index in [1.54, 1.807) is 13.1 Å². The first-order chi connectivity index (χ1) is 15.4. The van der Waals surface area contributed by atoms with E-state index in [2.05, 4.69) is 44.8 Å². The van der Waals surface area contributed by atoms with Gasteiger partial charge in [-0.1, -0.05) is 60.5 Å². The SMILES string of the molecule is CC(C)C.CCC(C)N1CCCCC1.CC[C@H](C)[C@@H](/C=C(\C)C(=O)O)N(C)C(=O)CNC=O. The molecule has 194 valence electrons. The molecule has 1 unspecified atom stereocenters. The lowest BCUT2D eigenvalue weighted by Gasteiger charge is -2.31. The molecule has 0 spiro atoms. The van der Waals surface area contributed by atoms with Gasteiger partial charge in [0, 0.05) is 18.7 Å². The number of rotatable bonds is 10. The van der Waals surface area contributed by atoms with E-state index in [-0.39, 0.29) is 30.0 Å². The van der Waals surface area contributed by atoms with E-state index in [9.17, 15) is 14.4 Å². The fraction of sp³-hybridized carbons (Fsp3) is 0.808. The number of piperidine rings is 1. The zero-order chi connectivity index (χ0) is 26.0. The fourth-order valence-corrected chi connectivity index (χ4v) is 3.26. The van der Waals surface area contributed by atoms with E-state index in [0.29, 0.717) is 6.41 Å². The normalized spacial score (nSPS) is 16.8. The highest BCUT2D eigenvalue weighted by atomic mass is 16.4. The molecule has 7 heteroatoms. The van der Waals surface area contributed by atoms with Crippen LogP contribution in [0.15, 0.2) is 11.6 Å². The third kappa shape index (κ3) is 16.4. The molecule has 0 radical (unpaired) electrons. The van der Waals surface area contributed by atoms with E-state index in [4.69, 9.17) is 5.11 Å². The second-order valence-electron chi connectivity index (χ2n) is 9.62. The van der Waals surface area contributed by atoms with Crippen molar-refractivity contribution >= 4 is 18.3 Å². The summed E-state index contributed by atoms with van der Waals surface area (Å²) < 4.78 is 0. The second-order valence-corrected chi connectivity index (χ2v) is 9.62. The number of hydrogen-bond acceptors (Lipinski definition) is 4. The molecular weight excluding hydrogens is 418 g/mol. The molecule has 1 saturated heterocycles. The Bertz CT molecular complexity index is 569. The number of amides is 2. The van der Waals surface area contributed by atoms with Crippen molar-refractivity contribution < 1.29 is 19.5 Å². The van der Waals surface area contributed by atoms with Crippen LogP contribution in [0.5, 0.6) is 0 Å². The zero-order valence-corrected chi connectivity index (χ0v) is 22.7. The topological polar surface area (TPSA) is 90.0 Å². The Morgan fingerprint density at radius 1 is 1.03 bits per heavy atom. The smallest absolute Gasteiger partial charge is 0.331 e. The van der Waals surface area contributed by atoms with E-state index in [1.807, 2.05) is 13.8 Å². The number of carboxylic acids is 1. The summed E-state index contributed by atoms with van der Waals surface area (Å²) in [6.45, 7) is 19.1. The van der Waals surface area contributed by atoms with Crippen LogP contribution in [0.4, 0.5) is 0 Å². The lowest BCUT2D eigenvalue weighted by atomic mass is 9.95. The molecule has 0 bridgehead atoms. The highest BCUT2D eigenvalue weighted by Gasteiger charge is 2.23. The van der Waals surface area contributed by atoms with Gasteiger partial charge >= 0.3 is 5.97 Å². The molecule has 2 amide bonds. The first-order valence-electron chi connectivity index (χ1n) is 12.5. The molecule has 1 aliphatic heterocycles. The minimum Gasteiger partial charge on any atom is -0.478 e. The largest absolute Gasteiger partial charge is 0.478 e. The van der Waals surface area contributed by atoms with Crippen LogP contribution in [0.2, 0.25) is 0 Å². The number of carboxylic acid groups (broad SMARTS) is 1. The van der Waals surface area contributed by atoms with E-state index in [0.717, 1.165) is 18.4 Å². The molecule has 3 atom stereocenters. The molecule has 0 saturated carbocycles. The lowest BCUT2D eigenvalue weighted by Crippen LogP contribution is -2.44. The number of hydrogen-bond donors (Lipinski definition) is 2. The number of likely N-dealkylation sites (N-methyl/N-ethyl adjacent to an activating group) is 1. The molecule has 0 aromatic heterocycles. The summed E-state index contributed by atoms with van der Waals surface area (Å²) in [6, 6.07) is 0.516. The van der Waals surface area contributed by atoms with Crippen molar-refractivity contribution in [3.63, 3.8) is 0 Å². The third-order valence-electron chi connectivity index (χ3n) is 5.77. The van der Waals surface area contributed by atoms with Gasteiger partial charge in [0.2, 0.25) is 12.3 Å². The van der Waals surface area contributed by atoms with Gasteiger partial charge in [0.05, 0.1) is 12.6 Å². The van der Waals surface area contributed by atoms with Crippen molar-refractivity contribution in [2.24, 2.45) is 11.8 Å². The van der Waals surface area contributed by atoms with Crippen LogP contribution in [-0.2, 0) is 14.4 Å². The van der Waals surface area contributed by atoms with Gasteiger partial charge in [0.15, 0.2) is 0 Å². The highest BCUT2D eigenvalue weighted by Crippen LogP contribution is 2.17. The summed E-state index contributed by atoms with van der Waals surface area (Å²) in [7, 11) is 1.61. The fourth-order valence-electron chi connectivity index (χ4n) is 3.26. The molecule has 1 rings (SSSR count). The van der Waals surface area contributed by atoms with Crippen molar-refractivity contribution in [1.29, 1.82) is 0 Å². The minimum absolute atomic E-state index is 0.0904. The van der Waals surface area contributed by atoms with Crippen LogP contribution in [0.1, 0.15) is 87.5 Å². The average Bonchev–Trinajstić information content (AvgIpc) is 2.79. The molecule has 0 aliphatic carbocycles. The van der Waals surface area contributed by atoms with Crippen LogP contribution in [0.25, 0.3) is 0 Å². The third-order valence-corrected chi connectivity index (χ3v) is 5.77. The van der Waals surface area contributed by atoms with Crippen LogP contribution >= 0.6 is 0 Å². The Morgan fingerprint density at radius 2 is 1.55 bits per heavy atom. The van der Waals surface area contributed by atoms with Crippen LogP contribution < -0.4 is 5.32 Å². The summed E-state index contributed by atoms with van der Waals surface area (Å²) in [5.41, 5.74) is 0.202. The summed E-state index contributed by atoms with van der Waals surface area (Å²) in [5, 5.41) is 11.2. The number of nitrogens with zero attached hydrogens (tertiary/aromatic N) is 2.